The molecule has 28 heavy (non-hydrogen) atoms. The summed E-state index contributed by atoms with van der Waals surface area (Å²) in [6.45, 7) is 0.521. The maximum absolute atomic E-state index is 13.6. The molecule has 142 valence electrons. The molecule has 3 aromatic carbocycles. The quantitative estimate of drug-likeness (QED) is 0.499. The van der Waals surface area contributed by atoms with Crippen LogP contribution in [0.1, 0.15) is 0 Å². The van der Waals surface area contributed by atoms with E-state index in [1.165, 1.54) is 36.4 Å². The van der Waals surface area contributed by atoms with Gasteiger partial charge in [0.1, 0.15) is 23.6 Å². The fourth-order valence-corrected chi connectivity index (χ4v) is 3.44. The Balaban J connectivity index is 2.32. The second-order valence-corrected chi connectivity index (χ2v) is 7.08. The van der Waals surface area contributed by atoms with Gasteiger partial charge in [-0.25, -0.2) is 13.2 Å². The largest absolute Gasteiger partial charge is 0.299 e. The fourth-order valence-electron chi connectivity index (χ4n) is 3.44. The molecule has 0 unspecified atom stereocenters. The van der Waals surface area contributed by atoms with E-state index in [2.05, 4.69) is 11.7 Å². The molecule has 0 aliphatic carbocycles. The zero-order valence-electron chi connectivity index (χ0n) is 15.8. The van der Waals surface area contributed by atoms with Gasteiger partial charge in [0.25, 0.3) is 0 Å². The zero-order chi connectivity index (χ0) is 20.1. The smallest absolute Gasteiger partial charge is 0.149 e. The van der Waals surface area contributed by atoms with Crippen molar-refractivity contribution >= 4 is 22.5 Å². The van der Waals surface area contributed by atoms with Gasteiger partial charge in [0.05, 0.1) is 6.54 Å². The average molecular weight is 378 g/mol. The Morgan fingerprint density at radius 1 is 0.643 bits per heavy atom. The van der Waals surface area contributed by atoms with Gasteiger partial charge in [0, 0.05) is 0 Å². The van der Waals surface area contributed by atoms with E-state index in [-0.39, 0.29) is 17.5 Å². The average Bonchev–Trinajstić information content (AvgIpc) is 2.68. The molecule has 0 saturated heterocycles. The number of benzene rings is 3. The lowest BCUT2D eigenvalue weighted by atomic mass is 9.16. The number of halogens is 3. The van der Waals surface area contributed by atoms with E-state index in [9.17, 15) is 13.2 Å². The summed E-state index contributed by atoms with van der Waals surface area (Å²) in [5, 5.41) is 0. The molecule has 0 atom stereocenters. The van der Waals surface area contributed by atoms with Crippen LogP contribution in [-0.2, 0) is 0 Å². The minimum Gasteiger partial charge on any atom is -0.299 e. The van der Waals surface area contributed by atoms with Crippen LogP contribution < -0.4 is 16.4 Å². The highest BCUT2D eigenvalue weighted by Gasteiger charge is 2.28. The van der Waals surface area contributed by atoms with Gasteiger partial charge in [0.2, 0.25) is 0 Å². The molecule has 0 aliphatic rings. The molecular weight excluding hydrogens is 358 g/mol. The Hall–Kier alpha value is -2.97. The van der Waals surface area contributed by atoms with E-state index < -0.39 is 6.15 Å². The van der Waals surface area contributed by atoms with E-state index in [1.54, 1.807) is 36.4 Å². The lowest BCUT2D eigenvalue weighted by Gasteiger charge is -2.38. The summed E-state index contributed by atoms with van der Waals surface area (Å²) in [7, 11) is 3.83. The van der Waals surface area contributed by atoms with E-state index in [1.807, 2.05) is 19.0 Å². The molecule has 1 nitrogen and oxygen atoms in total. The molecule has 3 aromatic rings. The predicted molar refractivity (Wildman–Crippen MR) is 110 cm³/mol. The Bertz CT molecular complexity index is 874. The molecule has 0 fully saturated rings. The van der Waals surface area contributed by atoms with Crippen LogP contribution in [0.5, 0.6) is 0 Å². The van der Waals surface area contributed by atoms with Gasteiger partial charge in [-0.2, -0.15) is 16.4 Å². The highest BCUT2D eigenvalue weighted by Crippen LogP contribution is 2.10. The first-order valence-corrected chi connectivity index (χ1v) is 9.00. The van der Waals surface area contributed by atoms with Gasteiger partial charge >= 0.3 is 0 Å². The highest BCUT2D eigenvalue weighted by molar-refractivity contribution is 7.16. The molecule has 0 radical (unpaired) electrons. The molecule has 0 spiro atoms. The summed E-state index contributed by atoms with van der Waals surface area (Å²) >= 11 is 0. The van der Waals surface area contributed by atoms with Crippen molar-refractivity contribution in [3.63, 3.8) is 0 Å². The Morgan fingerprint density at radius 3 is 1.25 bits per heavy atom. The summed E-state index contributed by atoms with van der Waals surface area (Å²) < 4.78 is 40.8. The number of hydrogen-bond donors (Lipinski definition) is 0. The minimum absolute atomic E-state index is 0.354. The van der Waals surface area contributed by atoms with Crippen LogP contribution in [0, 0.1) is 29.2 Å². The van der Waals surface area contributed by atoms with Crippen LogP contribution in [0.15, 0.2) is 72.8 Å². The maximum atomic E-state index is 13.6. The van der Waals surface area contributed by atoms with Gasteiger partial charge in [-0.3, -0.25) is 10.7 Å². The van der Waals surface area contributed by atoms with E-state index in [0.717, 1.165) is 16.4 Å². The second kappa shape index (κ2) is 8.37. The normalized spacial score (nSPS) is 11.2. The molecule has 0 aliphatic heterocycles. The van der Waals surface area contributed by atoms with Gasteiger partial charge in [-0.15, -0.1) is 5.92 Å². The molecule has 0 N–H and O–H groups in total. The first kappa shape index (κ1) is 19.8. The minimum atomic E-state index is -1.87. The summed E-state index contributed by atoms with van der Waals surface area (Å²) in [5.74, 6) is 5.50. The molecule has 5 heteroatoms. The molecule has 0 heterocycles. The zero-order valence-corrected chi connectivity index (χ0v) is 15.8. The number of hydrogen-bond acceptors (Lipinski definition) is 1. The van der Waals surface area contributed by atoms with Crippen LogP contribution in [0.2, 0.25) is 0 Å². The molecular formula is C23H20BF3N-. The standard InChI is InChI=1S/C23H20BF3N/c1-28(2)17-3-16-24(18-4-10-21(25)11-5-18,19-6-12-22(26)13-7-19)20-8-14-23(27)15-9-20/h4-15H,17H2,1-2H3/q-1. The maximum Gasteiger partial charge on any atom is 0.149 e. The van der Waals surface area contributed by atoms with Crippen LogP contribution in [0.25, 0.3) is 0 Å². The van der Waals surface area contributed by atoms with Crippen molar-refractivity contribution in [2.75, 3.05) is 20.6 Å². The van der Waals surface area contributed by atoms with Gasteiger partial charge in [0.15, 0.2) is 0 Å². The first-order chi connectivity index (χ1) is 13.4. The summed E-state index contributed by atoms with van der Waals surface area (Å²) in [5.41, 5.74) is 2.35. The van der Waals surface area contributed by atoms with E-state index in [4.69, 9.17) is 0 Å². The van der Waals surface area contributed by atoms with Crippen LogP contribution in [-0.4, -0.2) is 31.7 Å². The van der Waals surface area contributed by atoms with Gasteiger partial charge in [-0.05, 0) is 50.5 Å². The Labute approximate surface area is 163 Å². The topological polar surface area (TPSA) is 3.24 Å². The van der Waals surface area contributed by atoms with Crippen LogP contribution >= 0.6 is 0 Å². The van der Waals surface area contributed by atoms with Crippen molar-refractivity contribution in [1.82, 2.24) is 4.90 Å². The van der Waals surface area contributed by atoms with Crippen molar-refractivity contribution in [3.05, 3.63) is 90.2 Å². The van der Waals surface area contributed by atoms with Crippen LogP contribution in [0.4, 0.5) is 13.2 Å². The lowest BCUT2D eigenvalue weighted by Crippen LogP contribution is -2.66. The molecule has 0 bridgehead atoms. The monoisotopic (exact) mass is 378 g/mol. The fraction of sp³-hybridized carbons (Fsp3) is 0.130. The van der Waals surface area contributed by atoms with Crippen molar-refractivity contribution < 1.29 is 13.2 Å². The van der Waals surface area contributed by atoms with Crippen molar-refractivity contribution in [2.24, 2.45) is 0 Å². The molecule has 3 rings (SSSR count). The molecule has 0 saturated carbocycles. The summed E-state index contributed by atoms with van der Waals surface area (Å²) in [6, 6.07) is 18.4. The molecule has 0 amide bonds. The number of rotatable bonds is 4. The Kier molecular flexibility index (Phi) is 5.91. The third-order valence-corrected chi connectivity index (χ3v) is 4.82. The Morgan fingerprint density at radius 2 is 0.964 bits per heavy atom. The molecule has 0 aromatic heterocycles. The van der Waals surface area contributed by atoms with Gasteiger partial charge < -0.3 is 0 Å². The highest BCUT2D eigenvalue weighted by atomic mass is 19.1. The predicted octanol–water partition coefficient (Wildman–Crippen LogP) is 2.68. The lowest BCUT2D eigenvalue weighted by molar-refractivity contribution is 0.464. The van der Waals surface area contributed by atoms with Crippen LogP contribution in [0.3, 0.4) is 0 Å². The van der Waals surface area contributed by atoms with E-state index in [0.29, 0.717) is 6.54 Å². The van der Waals surface area contributed by atoms with Crippen molar-refractivity contribution in [3.8, 4) is 11.7 Å². The SMILES string of the molecule is CN(C)CC#C[B-](c1ccc(F)cc1)(c1ccc(F)cc1)c1ccc(F)cc1. The first-order valence-electron chi connectivity index (χ1n) is 9.00. The van der Waals surface area contributed by atoms with Gasteiger partial charge in [-0.1, -0.05) is 36.4 Å². The second-order valence-electron chi connectivity index (χ2n) is 7.08. The van der Waals surface area contributed by atoms with Crippen molar-refractivity contribution in [2.45, 2.75) is 0 Å². The summed E-state index contributed by atoms with van der Waals surface area (Å²) in [4.78, 5) is 1.94. The van der Waals surface area contributed by atoms with E-state index >= 15 is 0 Å². The third kappa shape index (κ3) is 4.13. The summed E-state index contributed by atoms with van der Waals surface area (Å²) in [6.07, 6.45) is -1.87. The van der Waals surface area contributed by atoms with Crippen molar-refractivity contribution in [1.29, 1.82) is 0 Å². The number of nitrogens with zero attached hydrogens (tertiary/aromatic N) is 1. The third-order valence-electron chi connectivity index (χ3n) is 4.82.